The maximum atomic E-state index is 4.74. The lowest BCUT2D eigenvalue weighted by molar-refractivity contribution is 1.34. The minimum atomic E-state index is 0.930. The Balaban J connectivity index is 1.91. The van der Waals surface area contributed by atoms with Crippen molar-refractivity contribution in [1.29, 1.82) is 0 Å². The molecule has 1 heterocycles. The Kier molecular flexibility index (Phi) is 4.08. The zero-order valence-corrected chi connectivity index (χ0v) is 14.3. The molecule has 106 valence electrons. The van der Waals surface area contributed by atoms with Gasteiger partial charge in [0.1, 0.15) is 0 Å². The van der Waals surface area contributed by atoms with Crippen LogP contribution in [0.4, 0.5) is 10.8 Å². The van der Waals surface area contributed by atoms with E-state index in [0.29, 0.717) is 0 Å². The first-order valence-electron chi connectivity index (χ1n) is 6.69. The molecule has 0 saturated heterocycles. The van der Waals surface area contributed by atoms with Crippen molar-refractivity contribution in [2.24, 2.45) is 0 Å². The molecule has 0 unspecified atom stereocenters. The minimum Gasteiger partial charge on any atom is -0.331 e. The van der Waals surface area contributed by atoms with Crippen LogP contribution in [0.5, 0.6) is 0 Å². The number of hydrogen-bond acceptors (Lipinski definition) is 3. The van der Waals surface area contributed by atoms with Crippen molar-refractivity contribution in [2.75, 3.05) is 5.32 Å². The highest BCUT2D eigenvalue weighted by atomic mass is 79.9. The average Bonchev–Trinajstić information content (AvgIpc) is 2.83. The van der Waals surface area contributed by atoms with Gasteiger partial charge in [0.2, 0.25) is 0 Å². The van der Waals surface area contributed by atoms with Gasteiger partial charge in [-0.15, -0.1) is 11.3 Å². The van der Waals surface area contributed by atoms with E-state index in [0.717, 1.165) is 26.5 Å². The summed E-state index contributed by atoms with van der Waals surface area (Å²) in [6.45, 7) is 4.20. The number of hydrogen-bond donors (Lipinski definition) is 1. The van der Waals surface area contributed by atoms with Crippen LogP contribution in [0.25, 0.3) is 11.3 Å². The summed E-state index contributed by atoms with van der Waals surface area (Å²) in [4.78, 5) is 5.95. The van der Waals surface area contributed by atoms with Crippen LogP contribution in [0, 0.1) is 13.8 Å². The van der Waals surface area contributed by atoms with E-state index in [1.807, 2.05) is 24.3 Å². The van der Waals surface area contributed by atoms with Crippen LogP contribution in [0.1, 0.15) is 10.4 Å². The normalized spacial score (nSPS) is 10.6. The van der Waals surface area contributed by atoms with E-state index in [1.165, 1.54) is 10.4 Å². The van der Waals surface area contributed by atoms with Crippen molar-refractivity contribution in [3.63, 3.8) is 0 Å². The Labute approximate surface area is 137 Å². The predicted molar refractivity (Wildman–Crippen MR) is 94.4 cm³/mol. The fourth-order valence-corrected chi connectivity index (χ4v) is 3.27. The number of aromatic nitrogens is 1. The molecule has 0 aliphatic rings. The van der Waals surface area contributed by atoms with Gasteiger partial charge in [0.25, 0.3) is 0 Å². The number of benzene rings is 2. The van der Waals surface area contributed by atoms with E-state index in [-0.39, 0.29) is 0 Å². The number of nitrogens with one attached hydrogen (secondary N) is 1. The largest absolute Gasteiger partial charge is 0.331 e. The molecule has 0 aliphatic carbocycles. The summed E-state index contributed by atoms with van der Waals surface area (Å²) in [6, 6.07) is 16.5. The molecule has 3 rings (SSSR count). The molecular formula is C17H15BrN2S. The summed E-state index contributed by atoms with van der Waals surface area (Å²) >= 11 is 5.15. The summed E-state index contributed by atoms with van der Waals surface area (Å²) in [5, 5.41) is 4.34. The van der Waals surface area contributed by atoms with Crippen LogP contribution < -0.4 is 5.32 Å². The highest BCUT2D eigenvalue weighted by Crippen LogP contribution is 2.33. The molecule has 4 heteroatoms. The van der Waals surface area contributed by atoms with Crippen molar-refractivity contribution >= 4 is 38.1 Å². The number of rotatable bonds is 3. The van der Waals surface area contributed by atoms with Crippen molar-refractivity contribution in [1.82, 2.24) is 4.98 Å². The average molecular weight is 359 g/mol. The second kappa shape index (κ2) is 6.00. The van der Waals surface area contributed by atoms with E-state index in [9.17, 15) is 0 Å². The molecule has 21 heavy (non-hydrogen) atoms. The molecule has 0 fully saturated rings. The lowest BCUT2D eigenvalue weighted by atomic mass is 10.1. The summed E-state index contributed by atoms with van der Waals surface area (Å²) in [6.07, 6.45) is 0. The van der Waals surface area contributed by atoms with Gasteiger partial charge in [0.05, 0.1) is 5.69 Å². The Hall–Kier alpha value is -1.65. The molecule has 1 N–H and O–H groups in total. The standard InChI is InChI=1S/C17H15BrN2S/c1-11-5-3-4-6-15(11)19-17-20-16(12(2)21-17)13-7-9-14(18)10-8-13/h3-10H,1-2H3,(H,19,20). The van der Waals surface area contributed by atoms with E-state index in [4.69, 9.17) is 4.98 Å². The van der Waals surface area contributed by atoms with Crippen LogP contribution >= 0.6 is 27.3 Å². The zero-order valence-electron chi connectivity index (χ0n) is 11.9. The quantitative estimate of drug-likeness (QED) is 0.627. The SMILES string of the molecule is Cc1ccccc1Nc1nc(-c2ccc(Br)cc2)c(C)s1. The molecule has 2 nitrogen and oxygen atoms in total. The molecule has 0 radical (unpaired) electrons. The van der Waals surface area contributed by atoms with Gasteiger partial charge in [0, 0.05) is 20.6 Å². The van der Waals surface area contributed by atoms with E-state index < -0.39 is 0 Å². The third-order valence-electron chi connectivity index (χ3n) is 3.30. The highest BCUT2D eigenvalue weighted by molar-refractivity contribution is 9.10. The van der Waals surface area contributed by atoms with Crippen LogP contribution in [0.15, 0.2) is 53.0 Å². The van der Waals surface area contributed by atoms with Gasteiger partial charge in [-0.2, -0.15) is 0 Å². The number of halogens is 1. The second-order valence-corrected chi connectivity index (χ2v) is 6.99. The van der Waals surface area contributed by atoms with Gasteiger partial charge in [-0.3, -0.25) is 0 Å². The van der Waals surface area contributed by atoms with Crippen molar-refractivity contribution < 1.29 is 0 Å². The third kappa shape index (κ3) is 3.17. The highest BCUT2D eigenvalue weighted by Gasteiger charge is 2.10. The first-order valence-corrected chi connectivity index (χ1v) is 8.30. The molecule has 0 bridgehead atoms. The number of nitrogens with zero attached hydrogens (tertiary/aromatic N) is 1. The van der Waals surface area contributed by atoms with Gasteiger partial charge in [-0.25, -0.2) is 4.98 Å². The lowest BCUT2D eigenvalue weighted by Crippen LogP contribution is -1.92. The molecule has 0 saturated carbocycles. The van der Waals surface area contributed by atoms with E-state index in [1.54, 1.807) is 11.3 Å². The Morgan fingerprint density at radius 1 is 1.00 bits per heavy atom. The van der Waals surface area contributed by atoms with Crippen LogP contribution in [-0.2, 0) is 0 Å². The number of aryl methyl sites for hydroxylation is 2. The van der Waals surface area contributed by atoms with Crippen LogP contribution in [-0.4, -0.2) is 4.98 Å². The van der Waals surface area contributed by atoms with Crippen molar-refractivity contribution in [3.8, 4) is 11.3 Å². The summed E-state index contributed by atoms with van der Waals surface area (Å²) < 4.78 is 1.08. The summed E-state index contributed by atoms with van der Waals surface area (Å²) in [5.41, 5.74) is 4.51. The monoisotopic (exact) mass is 358 g/mol. The molecule has 2 aromatic carbocycles. The Morgan fingerprint density at radius 2 is 1.71 bits per heavy atom. The van der Waals surface area contributed by atoms with Crippen molar-refractivity contribution in [2.45, 2.75) is 13.8 Å². The third-order valence-corrected chi connectivity index (χ3v) is 4.72. The Morgan fingerprint density at radius 3 is 2.43 bits per heavy atom. The van der Waals surface area contributed by atoms with Gasteiger partial charge >= 0.3 is 0 Å². The molecule has 0 amide bonds. The van der Waals surface area contributed by atoms with Gasteiger partial charge in [-0.05, 0) is 37.6 Å². The number of thiazole rings is 1. The van der Waals surface area contributed by atoms with E-state index in [2.05, 4.69) is 59.4 Å². The fourth-order valence-electron chi connectivity index (χ4n) is 2.15. The van der Waals surface area contributed by atoms with Gasteiger partial charge in [-0.1, -0.05) is 46.3 Å². The summed E-state index contributed by atoms with van der Waals surface area (Å²) in [7, 11) is 0. The lowest BCUT2D eigenvalue weighted by Gasteiger charge is -2.05. The molecule has 1 aromatic heterocycles. The van der Waals surface area contributed by atoms with Gasteiger partial charge < -0.3 is 5.32 Å². The molecule has 0 atom stereocenters. The minimum absolute atomic E-state index is 0.930. The van der Waals surface area contributed by atoms with Crippen LogP contribution in [0.3, 0.4) is 0 Å². The van der Waals surface area contributed by atoms with Crippen molar-refractivity contribution in [3.05, 3.63) is 63.4 Å². The second-order valence-electron chi connectivity index (χ2n) is 4.87. The zero-order chi connectivity index (χ0) is 14.8. The maximum Gasteiger partial charge on any atom is 0.187 e. The fraction of sp³-hybridized carbons (Fsp3) is 0.118. The molecule has 0 aliphatic heterocycles. The first-order chi connectivity index (χ1) is 10.1. The number of para-hydroxylation sites is 1. The molecule has 0 spiro atoms. The van der Waals surface area contributed by atoms with E-state index >= 15 is 0 Å². The molecular weight excluding hydrogens is 344 g/mol. The predicted octanol–water partition coefficient (Wildman–Crippen LogP) is 5.93. The molecule has 3 aromatic rings. The smallest absolute Gasteiger partial charge is 0.187 e. The first kappa shape index (κ1) is 14.3. The number of anilines is 2. The Bertz CT molecular complexity index is 763. The topological polar surface area (TPSA) is 24.9 Å². The van der Waals surface area contributed by atoms with Gasteiger partial charge in [0.15, 0.2) is 5.13 Å². The van der Waals surface area contributed by atoms with Crippen LogP contribution in [0.2, 0.25) is 0 Å². The maximum absolute atomic E-state index is 4.74. The summed E-state index contributed by atoms with van der Waals surface area (Å²) in [5.74, 6) is 0.